The average molecular weight is 310 g/mol. The van der Waals surface area contributed by atoms with Crippen LogP contribution in [0.1, 0.15) is 9.68 Å². The minimum Gasteiger partial charge on any atom is -1.00 e. The van der Waals surface area contributed by atoms with Crippen molar-refractivity contribution < 1.29 is 30.2 Å². The van der Waals surface area contributed by atoms with E-state index in [-0.39, 0.29) is 52.9 Å². The van der Waals surface area contributed by atoms with Gasteiger partial charge in [0.2, 0.25) is 11.8 Å². The summed E-state index contributed by atoms with van der Waals surface area (Å²) in [6, 6.07) is 9.10. The van der Waals surface area contributed by atoms with E-state index in [1.165, 1.54) is 4.57 Å². The Bertz CT molecular complexity index is 846. The Morgan fingerprint density at radius 1 is 1.33 bits per heavy atom. The molecule has 0 amide bonds. The first-order valence-electron chi connectivity index (χ1n) is 6.64. The van der Waals surface area contributed by atoms with Gasteiger partial charge in [0.15, 0.2) is 12.7 Å². The van der Waals surface area contributed by atoms with Crippen LogP contribution in [0.15, 0.2) is 58.0 Å². The normalized spacial score (nSPS) is 12.6. The lowest BCUT2D eigenvalue weighted by Gasteiger charge is -1.96. The number of hydrogen-bond donors (Lipinski definition) is 1. The molecule has 0 aliphatic carbocycles. The summed E-state index contributed by atoms with van der Waals surface area (Å²) in [5, 5.41) is 2.06. The number of aromatic nitrogens is 2. The van der Waals surface area contributed by atoms with Gasteiger partial charge in [0.05, 0.1) is 6.76 Å². The molecule has 0 saturated heterocycles. The Balaban J connectivity index is 0.00000161. The number of H-pyrrole nitrogens is 1. The monoisotopic (exact) mass is 309 g/mol. The second-order valence-electron chi connectivity index (χ2n) is 3.66. The summed E-state index contributed by atoms with van der Waals surface area (Å²) in [6.45, 7) is 0.273. The molecule has 0 bridgehead atoms. The van der Waals surface area contributed by atoms with E-state index in [4.69, 9.17) is 8.64 Å². The summed E-state index contributed by atoms with van der Waals surface area (Å²) < 4.78 is 30.2. The second-order valence-corrected chi connectivity index (χ2v) is 3.66. The quantitative estimate of drug-likeness (QED) is 0.584. The molecule has 0 atom stereocenters. The van der Waals surface area contributed by atoms with Gasteiger partial charge in [-0.3, -0.25) is 4.79 Å². The van der Waals surface area contributed by atoms with Gasteiger partial charge in [-0.05, 0) is 0 Å². The molecule has 4 nitrogen and oxygen atoms in total. The number of hydrogen-bond acceptors (Lipinski definition) is 2. The van der Waals surface area contributed by atoms with Crippen molar-refractivity contribution >= 4 is 11.0 Å². The minimum absolute atomic E-state index is 0. The maximum atomic E-state index is 11.5. The van der Waals surface area contributed by atoms with E-state index >= 15 is 0 Å². The lowest BCUT2D eigenvalue weighted by Crippen LogP contribution is -3.00. The fourth-order valence-electron chi connectivity index (χ4n) is 1.61. The lowest BCUT2D eigenvalue weighted by molar-refractivity contribution is -0.687. The first-order valence-corrected chi connectivity index (χ1v) is 5.14. The standard InChI is InChI=1S/C13H10N2O2.BrH/c16-13-11-6-7-15(9-12(11)17-14-13)8-10-4-2-1-3-5-10;/h1-7,9H,8H2;1H/i6D,7D,9D;. The van der Waals surface area contributed by atoms with Gasteiger partial charge in [-0.2, -0.15) is 9.72 Å². The van der Waals surface area contributed by atoms with Crippen molar-refractivity contribution in [2.45, 2.75) is 6.54 Å². The third-order valence-corrected chi connectivity index (χ3v) is 2.44. The molecule has 0 aliphatic heterocycles. The van der Waals surface area contributed by atoms with Crippen LogP contribution in [0, 0.1) is 0 Å². The van der Waals surface area contributed by atoms with Crippen molar-refractivity contribution in [3.05, 3.63) is 64.6 Å². The first kappa shape index (κ1) is 9.10. The Morgan fingerprint density at radius 3 is 2.89 bits per heavy atom. The summed E-state index contributed by atoms with van der Waals surface area (Å²) >= 11 is 0. The van der Waals surface area contributed by atoms with Crippen molar-refractivity contribution in [2.75, 3.05) is 0 Å². The van der Waals surface area contributed by atoms with Gasteiger partial charge in [-0.15, -0.1) is 0 Å². The number of fused-ring (bicyclic) bond motifs is 1. The van der Waals surface area contributed by atoms with Crippen molar-refractivity contribution in [1.29, 1.82) is 0 Å². The largest absolute Gasteiger partial charge is 1.00 e. The van der Waals surface area contributed by atoms with E-state index in [1.807, 2.05) is 30.3 Å². The molecular weight excluding hydrogens is 296 g/mol. The molecular formula is C13H11BrN2O2. The number of pyridine rings is 1. The van der Waals surface area contributed by atoms with Crippen molar-refractivity contribution in [3.63, 3.8) is 0 Å². The zero-order valence-electron chi connectivity index (χ0n) is 12.2. The van der Waals surface area contributed by atoms with Gasteiger partial charge in [-0.25, -0.2) is 0 Å². The summed E-state index contributed by atoms with van der Waals surface area (Å²) in [5.74, 6) is 0. The number of aromatic amines is 1. The Morgan fingerprint density at radius 2 is 2.11 bits per heavy atom. The van der Waals surface area contributed by atoms with Crippen LogP contribution in [0.4, 0.5) is 0 Å². The molecule has 92 valence electrons. The smallest absolute Gasteiger partial charge is 0.288 e. The first-order chi connectivity index (χ1) is 9.59. The molecule has 0 radical (unpaired) electrons. The van der Waals surface area contributed by atoms with Crippen LogP contribution in [0.3, 0.4) is 0 Å². The molecule has 1 N–H and O–H groups in total. The molecule has 3 aromatic rings. The SMILES string of the molecule is [2H]c1c([2H])[n+](Cc2ccccc2)c([2H])c2o[nH]c(=O)c12.[Br-]. The van der Waals surface area contributed by atoms with E-state index in [1.54, 1.807) is 0 Å². The highest BCUT2D eigenvalue weighted by molar-refractivity contribution is 5.73. The van der Waals surface area contributed by atoms with Crippen LogP contribution < -0.4 is 27.1 Å². The van der Waals surface area contributed by atoms with Crippen molar-refractivity contribution in [2.24, 2.45) is 0 Å². The van der Waals surface area contributed by atoms with E-state index in [2.05, 4.69) is 5.16 Å². The van der Waals surface area contributed by atoms with Gasteiger partial charge in [0, 0.05) is 11.6 Å². The molecule has 3 rings (SSSR count). The summed E-state index contributed by atoms with van der Waals surface area (Å²) in [7, 11) is 0. The summed E-state index contributed by atoms with van der Waals surface area (Å²) in [6.07, 6.45) is -0.276. The zero-order chi connectivity index (χ0) is 14.3. The predicted molar refractivity (Wildman–Crippen MR) is 62.6 cm³/mol. The summed E-state index contributed by atoms with van der Waals surface area (Å²) in [4.78, 5) is 11.5. The maximum absolute atomic E-state index is 11.5. The minimum atomic E-state index is -0.584. The highest BCUT2D eigenvalue weighted by Crippen LogP contribution is 2.05. The molecule has 0 fully saturated rings. The fourth-order valence-corrected chi connectivity index (χ4v) is 1.61. The molecule has 0 saturated carbocycles. The van der Waals surface area contributed by atoms with Crippen molar-refractivity contribution in [1.82, 2.24) is 5.16 Å². The number of nitrogens with one attached hydrogen (secondary N) is 1. The maximum Gasteiger partial charge on any atom is 0.288 e. The van der Waals surface area contributed by atoms with Crippen molar-refractivity contribution in [3.8, 4) is 0 Å². The number of rotatable bonds is 2. The number of nitrogens with zero attached hydrogens (tertiary/aromatic N) is 1. The molecule has 5 heteroatoms. The Kier molecular flexibility index (Phi) is 2.62. The zero-order valence-corrected chi connectivity index (χ0v) is 10.8. The van der Waals surface area contributed by atoms with Gasteiger partial charge in [0.1, 0.15) is 2.74 Å². The predicted octanol–water partition coefficient (Wildman–Crippen LogP) is -1.54. The van der Waals surface area contributed by atoms with Crippen LogP contribution in [-0.4, -0.2) is 5.16 Å². The molecule has 0 unspecified atom stereocenters. The highest BCUT2D eigenvalue weighted by Gasteiger charge is 2.09. The number of benzene rings is 1. The summed E-state index contributed by atoms with van der Waals surface area (Å²) in [5.41, 5.74) is 0.321. The van der Waals surface area contributed by atoms with E-state index < -0.39 is 5.56 Å². The Hall–Kier alpha value is -1.88. The van der Waals surface area contributed by atoms with Crippen LogP contribution in [0.25, 0.3) is 11.0 Å². The van der Waals surface area contributed by atoms with Crippen LogP contribution in [-0.2, 0) is 6.54 Å². The van der Waals surface area contributed by atoms with Gasteiger partial charge in [0.25, 0.3) is 5.56 Å². The molecule has 18 heavy (non-hydrogen) atoms. The van der Waals surface area contributed by atoms with Crippen LogP contribution >= 0.6 is 0 Å². The topological polar surface area (TPSA) is 49.9 Å². The van der Waals surface area contributed by atoms with Gasteiger partial charge in [-0.1, -0.05) is 30.3 Å². The van der Waals surface area contributed by atoms with E-state index in [0.29, 0.717) is 0 Å². The van der Waals surface area contributed by atoms with Crippen LogP contribution in [0.2, 0.25) is 0 Å². The molecule has 0 aliphatic rings. The van der Waals surface area contributed by atoms with Gasteiger partial charge < -0.3 is 21.5 Å². The van der Waals surface area contributed by atoms with Crippen LogP contribution in [0.5, 0.6) is 0 Å². The molecule has 2 heterocycles. The average Bonchev–Trinajstić information content (AvgIpc) is 2.84. The highest BCUT2D eigenvalue weighted by atomic mass is 79.9. The third kappa shape index (κ3) is 2.36. The van der Waals surface area contributed by atoms with E-state index in [0.717, 1.165) is 5.56 Å². The third-order valence-electron chi connectivity index (χ3n) is 2.44. The Labute approximate surface area is 118 Å². The van der Waals surface area contributed by atoms with E-state index in [9.17, 15) is 4.79 Å². The molecule has 0 spiro atoms. The molecule has 2 aromatic heterocycles. The second kappa shape index (κ2) is 5.18. The fraction of sp³-hybridized carbons (Fsp3) is 0.0769. The lowest BCUT2D eigenvalue weighted by atomic mass is 10.2. The number of halogens is 1. The van der Waals surface area contributed by atoms with Gasteiger partial charge >= 0.3 is 0 Å². The molecule has 1 aromatic carbocycles.